The van der Waals surface area contributed by atoms with Gasteiger partial charge in [-0.2, -0.15) is 0 Å². The highest BCUT2D eigenvalue weighted by atomic mass is 32.2. The van der Waals surface area contributed by atoms with Crippen molar-refractivity contribution < 1.29 is 18.3 Å². The van der Waals surface area contributed by atoms with Gasteiger partial charge >= 0.3 is 5.97 Å². The molecule has 0 aliphatic heterocycles. The van der Waals surface area contributed by atoms with Crippen LogP contribution in [0.4, 0.5) is 5.69 Å². The average molecular weight is 356 g/mol. The number of hydrogen-bond acceptors (Lipinski definition) is 5. The van der Waals surface area contributed by atoms with E-state index in [1.165, 1.54) is 0 Å². The van der Waals surface area contributed by atoms with Gasteiger partial charge in [0.15, 0.2) is 0 Å². The predicted octanol–water partition coefficient (Wildman–Crippen LogP) is 2.14. The summed E-state index contributed by atoms with van der Waals surface area (Å²) in [6, 6.07) is 0. The summed E-state index contributed by atoms with van der Waals surface area (Å²) in [5.41, 5.74) is 6.24. The van der Waals surface area contributed by atoms with E-state index in [-0.39, 0.29) is 39.4 Å². The Labute approximate surface area is 141 Å². The van der Waals surface area contributed by atoms with Crippen molar-refractivity contribution in [2.24, 2.45) is 5.14 Å². The fraction of sp³-hybridized carbons (Fsp3) is 0.267. The van der Waals surface area contributed by atoms with Crippen LogP contribution in [0.1, 0.15) is 35.3 Å². The van der Waals surface area contributed by atoms with E-state index < -0.39 is 16.0 Å². The normalized spacial score (nSPS) is 12.3. The minimum Gasteiger partial charge on any atom is -0.478 e. The standard InChI is InChI=1S/C15H20N2O4S2/c1-3-5-7-9-11(15(18)19)10(8-6-4-2)14(23(17,20)21)13(22)12(9)16/h3-6,22H,7-8,16H2,1-2H3,(H,18,19)(H2,17,20,21). The van der Waals surface area contributed by atoms with Crippen LogP contribution in [-0.4, -0.2) is 19.5 Å². The Morgan fingerprint density at radius 3 is 2.04 bits per heavy atom. The van der Waals surface area contributed by atoms with Crippen molar-refractivity contribution in [1.29, 1.82) is 0 Å². The third-order valence-corrected chi connectivity index (χ3v) is 4.92. The Morgan fingerprint density at radius 1 is 1.17 bits per heavy atom. The highest BCUT2D eigenvalue weighted by Crippen LogP contribution is 2.36. The molecule has 8 heteroatoms. The number of rotatable bonds is 6. The van der Waals surface area contributed by atoms with Gasteiger partial charge in [-0.05, 0) is 37.8 Å². The molecule has 0 aliphatic carbocycles. The Hall–Kier alpha value is -1.77. The van der Waals surface area contributed by atoms with Crippen LogP contribution in [0, 0.1) is 0 Å². The predicted molar refractivity (Wildman–Crippen MR) is 93.5 cm³/mol. The quantitative estimate of drug-likeness (QED) is 0.353. The minimum absolute atomic E-state index is 0.0112. The molecule has 0 amide bonds. The number of carboxylic acid groups (broad SMARTS) is 1. The minimum atomic E-state index is -4.18. The maximum atomic E-state index is 11.9. The van der Waals surface area contributed by atoms with Crippen molar-refractivity contribution in [3.63, 3.8) is 0 Å². The number of hydrogen-bond donors (Lipinski definition) is 4. The zero-order chi connectivity index (χ0) is 17.8. The van der Waals surface area contributed by atoms with E-state index in [1.54, 1.807) is 38.2 Å². The lowest BCUT2D eigenvalue weighted by molar-refractivity contribution is 0.0694. The van der Waals surface area contributed by atoms with Crippen LogP contribution in [-0.2, 0) is 22.9 Å². The third-order valence-electron chi connectivity index (χ3n) is 3.29. The van der Waals surface area contributed by atoms with Gasteiger partial charge in [0.25, 0.3) is 0 Å². The van der Waals surface area contributed by atoms with E-state index >= 15 is 0 Å². The number of thiol groups is 1. The zero-order valence-corrected chi connectivity index (χ0v) is 14.6. The van der Waals surface area contributed by atoms with E-state index in [9.17, 15) is 18.3 Å². The summed E-state index contributed by atoms with van der Waals surface area (Å²) in [5.74, 6) is -1.26. The molecule has 0 spiro atoms. The smallest absolute Gasteiger partial charge is 0.336 e. The number of sulfonamides is 1. The number of primary sulfonamides is 1. The number of carbonyl (C=O) groups is 1. The lowest BCUT2D eigenvalue weighted by Crippen LogP contribution is -2.21. The molecule has 0 aliphatic rings. The second-order valence-electron chi connectivity index (χ2n) is 4.82. The number of allylic oxidation sites excluding steroid dienone is 4. The monoisotopic (exact) mass is 356 g/mol. The second kappa shape index (κ2) is 7.67. The van der Waals surface area contributed by atoms with Crippen LogP contribution in [0.2, 0.25) is 0 Å². The molecule has 1 rings (SSSR count). The Bertz CT molecular complexity index is 781. The molecule has 5 N–H and O–H groups in total. The molecule has 1 aromatic carbocycles. The van der Waals surface area contributed by atoms with Gasteiger partial charge in [0.05, 0.1) is 11.3 Å². The van der Waals surface area contributed by atoms with Gasteiger partial charge in [0, 0.05) is 4.90 Å². The number of carboxylic acids is 1. The molecular formula is C15H20N2O4S2. The van der Waals surface area contributed by atoms with Gasteiger partial charge in [-0.25, -0.2) is 18.4 Å². The number of nitrogens with two attached hydrogens (primary N) is 2. The average Bonchev–Trinajstić information content (AvgIpc) is 2.44. The molecule has 0 radical (unpaired) electrons. The van der Waals surface area contributed by atoms with Gasteiger partial charge in [-0.1, -0.05) is 24.3 Å². The van der Waals surface area contributed by atoms with Crippen LogP contribution < -0.4 is 10.9 Å². The van der Waals surface area contributed by atoms with Crippen LogP contribution in [0.3, 0.4) is 0 Å². The van der Waals surface area contributed by atoms with E-state index in [4.69, 9.17) is 10.9 Å². The summed E-state index contributed by atoms with van der Waals surface area (Å²) in [6.07, 6.45) is 7.19. The fourth-order valence-electron chi connectivity index (χ4n) is 2.28. The zero-order valence-electron chi connectivity index (χ0n) is 12.9. The van der Waals surface area contributed by atoms with Crippen molar-refractivity contribution >= 4 is 34.3 Å². The highest BCUT2D eigenvalue weighted by Gasteiger charge is 2.28. The van der Waals surface area contributed by atoms with Crippen LogP contribution in [0.25, 0.3) is 0 Å². The molecule has 23 heavy (non-hydrogen) atoms. The van der Waals surface area contributed by atoms with E-state index in [1.807, 2.05) is 0 Å². The molecule has 0 aromatic heterocycles. The first-order valence-electron chi connectivity index (χ1n) is 6.81. The number of anilines is 1. The maximum absolute atomic E-state index is 11.9. The van der Waals surface area contributed by atoms with E-state index in [2.05, 4.69) is 12.6 Å². The summed E-state index contributed by atoms with van der Waals surface area (Å²) in [4.78, 5) is 11.4. The molecule has 0 unspecified atom stereocenters. The van der Waals surface area contributed by atoms with E-state index in [0.717, 1.165) is 0 Å². The summed E-state index contributed by atoms with van der Waals surface area (Å²) >= 11 is 4.18. The Balaban J connectivity index is 3.98. The van der Waals surface area contributed by atoms with Gasteiger partial charge in [-0.3, -0.25) is 0 Å². The highest BCUT2D eigenvalue weighted by molar-refractivity contribution is 7.90. The summed E-state index contributed by atoms with van der Waals surface area (Å²) in [5, 5.41) is 14.8. The summed E-state index contributed by atoms with van der Waals surface area (Å²) in [6.45, 7) is 3.54. The number of aromatic carboxylic acids is 1. The molecule has 126 valence electrons. The molecule has 1 aromatic rings. The SMILES string of the molecule is CC=CCc1c(N)c(S)c(S(N)(=O)=O)c(CC=CC)c1C(=O)O. The van der Waals surface area contributed by atoms with Crippen molar-refractivity contribution in [2.45, 2.75) is 36.5 Å². The van der Waals surface area contributed by atoms with Gasteiger partial charge in [-0.15, -0.1) is 12.6 Å². The van der Waals surface area contributed by atoms with Crippen molar-refractivity contribution in [3.8, 4) is 0 Å². The molecule has 0 bridgehead atoms. The fourth-order valence-corrected chi connectivity index (χ4v) is 3.84. The lowest BCUT2D eigenvalue weighted by atomic mass is 9.94. The molecule has 0 atom stereocenters. The topological polar surface area (TPSA) is 123 Å². The first kappa shape index (κ1) is 19.3. The number of nitrogen functional groups attached to an aromatic ring is 1. The second-order valence-corrected chi connectivity index (χ2v) is 6.77. The third kappa shape index (κ3) is 4.15. The molecular weight excluding hydrogens is 336 g/mol. The number of benzene rings is 1. The maximum Gasteiger partial charge on any atom is 0.336 e. The van der Waals surface area contributed by atoms with Crippen LogP contribution in [0.15, 0.2) is 34.1 Å². The largest absolute Gasteiger partial charge is 0.478 e. The van der Waals surface area contributed by atoms with Crippen LogP contribution >= 0.6 is 12.6 Å². The summed E-state index contributed by atoms with van der Waals surface area (Å²) < 4.78 is 23.9. The first-order chi connectivity index (χ1) is 10.7. The van der Waals surface area contributed by atoms with E-state index in [0.29, 0.717) is 5.56 Å². The Kier molecular flexibility index (Phi) is 6.43. The Morgan fingerprint density at radius 2 is 1.65 bits per heavy atom. The molecule has 6 nitrogen and oxygen atoms in total. The first-order valence-corrected chi connectivity index (χ1v) is 8.80. The molecule has 0 saturated carbocycles. The molecule has 0 heterocycles. The van der Waals surface area contributed by atoms with Crippen LogP contribution in [0.5, 0.6) is 0 Å². The van der Waals surface area contributed by atoms with Crippen molar-refractivity contribution in [1.82, 2.24) is 0 Å². The van der Waals surface area contributed by atoms with Gasteiger partial charge in [0.1, 0.15) is 4.90 Å². The lowest BCUT2D eigenvalue weighted by Gasteiger charge is -2.19. The van der Waals surface area contributed by atoms with Crippen molar-refractivity contribution in [3.05, 3.63) is 41.0 Å². The molecule has 0 saturated heterocycles. The van der Waals surface area contributed by atoms with Gasteiger partial charge in [0.2, 0.25) is 10.0 Å². The summed E-state index contributed by atoms with van der Waals surface area (Å²) in [7, 11) is -4.18. The molecule has 0 fully saturated rings. The van der Waals surface area contributed by atoms with Gasteiger partial charge < -0.3 is 10.8 Å². The van der Waals surface area contributed by atoms with Crippen molar-refractivity contribution in [2.75, 3.05) is 5.73 Å².